The smallest absolute Gasteiger partial charge is 0.323 e. The van der Waals surface area contributed by atoms with E-state index in [0.717, 1.165) is 21.6 Å². The van der Waals surface area contributed by atoms with E-state index >= 15 is 0 Å². The summed E-state index contributed by atoms with van der Waals surface area (Å²) in [5.74, 6) is -3.88. The highest BCUT2D eigenvalue weighted by atomic mass is 19.3. The second-order valence-electron chi connectivity index (χ2n) is 8.25. The molecule has 0 unspecified atom stereocenters. The molecule has 8 heteroatoms. The topological polar surface area (TPSA) is 90.3 Å². The molecule has 1 spiro atoms. The lowest BCUT2D eigenvalue weighted by molar-refractivity contribution is -0.135. The number of nitrogens with one attached hydrogen (secondary N) is 1. The first-order chi connectivity index (χ1) is 15.2. The van der Waals surface area contributed by atoms with Gasteiger partial charge in [-0.15, -0.1) is 0 Å². The van der Waals surface area contributed by atoms with Crippen LogP contribution in [0, 0.1) is 11.3 Å². The van der Waals surface area contributed by atoms with Crippen molar-refractivity contribution in [3.8, 4) is 17.2 Å². The minimum Gasteiger partial charge on any atom is -0.323 e. The fourth-order valence-electron chi connectivity index (χ4n) is 4.31. The van der Waals surface area contributed by atoms with E-state index in [1.807, 2.05) is 24.3 Å². The standard InChI is InChI=1S/C24H21F2N3O3/c25-24(26)12-10-23(11-13-24)21(31)29(22(32)28-23)15-20(30)18-7-5-17(6-8-18)19-4-2-1-3-16(19)9-14-27/h1-8H,9-13,15H2,(H,28,32). The van der Waals surface area contributed by atoms with E-state index in [-0.39, 0.29) is 19.3 Å². The lowest BCUT2D eigenvalue weighted by Gasteiger charge is -2.34. The summed E-state index contributed by atoms with van der Waals surface area (Å²) in [4.78, 5) is 38.7. The lowest BCUT2D eigenvalue weighted by atomic mass is 9.80. The quantitative estimate of drug-likeness (QED) is 0.563. The zero-order valence-corrected chi connectivity index (χ0v) is 17.2. The molecule has 1 heterocycles. The van der Waals surface area contributed by atoms with Gasteiger partial charge in [-0.1, -0.05) is 48.5 Å². The molecule has 2 aromatic carbocycles. The van der Waals surface area contributed by atoms with E-state index < -0.39 is 48.6 Å². The first kappa shape index (κ1) is 21.6. The molecular weight excluding hydrogens is 416 g/mol. The Morgan fingerprint density at radius 2 is 1.69 bits per heavy atom. The molecule has 2 aromatic rings. The molecule has 1 aliphatic carbocycles. The van der Waals surface area contributed by atoms with E-state index in [9.17, 15) is 23.2 Å². The largest absolute Gasteiger partial charge is 0.325 e. The summed E-state index contributed by atoms with van der Waals surface area (Å²) in [5.41, 5.74) is 1.58. The van der Waals surface area contributed by atoms with E-state index in [0.29, 0.717) is 5.56 Å². The molecular formula is C24H21F2N3O3. The van der Waals surface area contributed by atoms with Gasteiger partial charge in [-0.2, -0.15) is 5.26 Å². The highest BCUT2D eigenvalue weighted by Gasteiger charge is 2.55. The van der Waals surface area contributed by atoms with Crippen LogP contribution < -0.4 is 5.32 Å². The number of hydrogen-bond donors (Lipinski definition) is 1. The van der Waals surface area contributed by atoms with Crippen LogP contribution in [0.4, 0.5) is 13.6 Å². The number of alkyl halides is 2. The Bertz CT molecular complexity index is 1110. The van der Waals surface area contributed by atoms with Gasteiger partial charge in [0.2, 0.25) is 5.92 Å². The van der Waals surface area contributed by atoms with Crippen molar-refractivity contribution in [1.82, 2.24) is 10.2 Å². The number of ketones is 1. The van der Waals surface area contributed by atoms with Crippen LogP contribution in [-0.4, -0.2) is 40.6 Å². The number of urea groups is 1. The Labute approximate surface area is 183 Å². The van der Waals surface area contributed by atoms with Gasteiger partial charge in [0.15, 0.2) is 5.78 Å². The molecule has 0 radical (unpaired) electrons. The first-order valence-electron chi connectivity index (χ1n) is 10.4. The van der Waals surface area contributed by atoms with Crippen LogP contribution >= 0.6 is 0 Å². The van der Waals surface area contributed by atoms with Gasteiger partial charge in [-0.05, 0) is 29.5 Å². The zero-order chi connectivity index (χ0) is 22.9. The van der Waals surface area contributed by atoms with Crippen molar-refractivity contribution >= 4 is 17.7 Å². The predicted molar refractivity (Wildman–Crippen MR) is 112 cm³/mol. The van der Waals surface area contributed by atoms with Crippen molar-refractivity contribution in [3.05, 3.63) is 59.7 Å². The Hall–Kier alpha value is -3.60. The van der Waals surface area contributed by atoms with Crippen LogP contribution in [-0.2, 0) is 11.2 Å². The zero-order valence-electron chi connectivity index (χ0n) is 17.2. The van der Waals surface area contributed by atoms with Crippen molar-refractivity contribution in [2.24, 2.45) is 0 Å². The molecule has 1 saturated heterocycles. The number of nitrogens with zero attached hydrogens (tertiary/aromatic N) is 2. The van der Waals surface area contributed by atoms with Crippen molar-refractivity contribution in [3.63, 3.8) is 0 Å². The molecule has 4 rings (SSSR count). The van der Waals surface area contributed by atoms with Crippen LogP contribution in [0.25, 0.3) is 11.1 Å². The van der Waals surface area contributed by atoms with Crippen LogP contribution in [0.2, 0.25) is 0 Å². The number of benzene rings is 2. The Balaban J connectivity index is 1.47. The molecule has 164 valence electrons. The van der Waals surface area contributed by atoms with Gasteiger partial charge in [0, 0.05) is 18.4 Å². The number of imide groups is 1. The third kappa shape index (κ3) is 3.98. The predicted octanol–water partition coefficient (Wildman–Crippen LogP) is 4.10. The average molecular weight is 437 g/mol. The SMILES string of the molecule is N#CCc1ccccc1-c1ccc(C(=O)CN2C(=O)NC3(CCC(F)(F)CC3)C2=O)cc1. The average Bonchev–Trinajstić information content (AvgIpc) is 3.01. The molecule has 3 amide bonds. The summed E-state index contributed by atoms with van der Waals surface area (Å²) in [6.07, 6.45) is -0.986. The third-order valence-corrected chi connectivity index (χ3v) is 6.19. The molecule has 32 heavy (non-hydrogen) atoms. The van der Waals surface area contributed by atoms with E-state index in [4.69, 9.17) is 5.26 Å². The van der Waals surface area contributed by atoms with Crippen LogP contribution in [0.5, 0.6) is 0 Å². The number of amides is 3. The molecule has 0 aromatic heterocycles. The Morgan fingerprint density at radius 1 is 1.03 bits per heavy atom. The monoisotopic (exact) mass is 437 g/mol. The molecule has 6 nitrogen and oxygen atoms in total. The van der Waals surface area contributed by atoms with Gasteiger partial charge >= 0.3 is 6.03 Å². The third-order valence-electron chi connectivity index (χ3n) is 6.19. The van der Waals surface area contributed by atoms with Crippen molar-refractivity contribution in [2.75, 3.05) is 6.54 Å². The number of rotatable bonds is 5. The highest BCUT2D eigenvalue weighted by Crippen LogP contribution is 2.41. The number of carbonyl (C=O) groups excluding carboxylic acids is 3. The maximum Gasteiger partial charge on any atom is 0.325 e. The summed E-state index contributed by atoms with van der Waals surface area (Å²) in [6.45, 7) is -0.451. The molecule has 0 atom stereocenters. The lowest BCUT2D eigenvalue weighted by Crippen LogP contribution is -2.51. The summed E-state index contributed by atoms with van der Waals surface area (Å²) >= 11 is 0. The van der Waals surface area contributed by atoms with Gasteiger partial charge in [-0.3, -0.25) is 14.5 Å². The maximum atomic E-state index is 13.5. The molecule has 2 aliphatic rings. The molecule has 2 fully saturated rings. The first-order valence-corrected chi connectivity index (χ1v) is 10.4. The molecule has 1 N–H and O–H groups in total. The molecule has 1 saturated carbocycles. The summed E-state index contributed by atoms with van der Waals surface area (Å²) < 4.78 is 27.0. The van der Waals surface area contributed by atoms with Crippen LogP contribution in [0.3, 0.4) is 0 Å². The van der Waals surface area contributed by atoms with Crippen LogP contribution in [0.15, 0.2) is 48.5 Å². The van der Waals surface area contributed by atoms with Gasteiger partial charge in [0.05, 0.1) is 19.0 Å². The van der Waals surface area contributed by atoms with E-state index in [2.05, 4.69) is 11.4 Å². The number of nitriles is 1. The molecule has 0 bridgehead atoms. The van der Waals surface area contributed by atoms with Crippen molar-refractivity contribution < 1.29 is 23.2 Å². The Kier molecular flexibility index (Phi) is 5.51. The fourth-order valence-corrected chi connectivity index (χ4v) is 4.31. The second-order valence-corrected chi connectivity index (χ2v) is 8.25. The van der Waals surface area contributed by atoms with E-state index in [1.165, 1.54) is 0 Å². The fraction of sp³-hybridized carbons (Fsp3) is 0.333. The van der Waals surface area contributed by atoms with Crippen LogP contribution in [0.1, 0.15) is 41.6 Å². The van der Waals surface area contributed by atoms with E-state index in [1.54, 1.807) is 24.3 Å². The number of carbonyl (C=O) groups is 3. The van der Waals surface area contributed by atoms with Crippen molar-refractivity contribution in [1.29, 1.82) is 5.26 Å². The van der Waals surface area contributed by atoms with Crippen molar-refractivity contribution in [2.45, 2.75) is 43.6 Å². The number of hydrogen-bond acceptors (Lipinski definition) is 4. The van der Waals surface area contributed by atoms with Gasteiger partial charge in [-0.25, -0.2) is 13.6 Å². The maximum absolute atomic E-state index is 13.5. The Morgan fingerprint density at radius 3 is 2.34 bits per heavy atom. The normalized spacial score (nSPS) is 19.0. The summed E-state index contributed by atoms with van der Waals surface area (Å²) in [7, 11) is 0. The number of Topliss-reactive ketones (excluding diaryl/α,β-unsaturated/α-hetero) is 1. The minimum atomic E-state index is -2.84. The minimum absolute atomic E-state index is 0.147. The molecule has 1 aliphatic heterocycles. The van der Waals surface area contributed by atoms with Gasteiger partial charge < -0.3 is 5.32 Å². The summed E-state index contributed by atoms with van der Waals surface area (Å²) in [5, 5.41) is 11.5. The van der Waals surface area contributed by atoms with Gasteiger partial charge in [0.25, 0.3) is 5.91 Å². The number of halogens is 2. The van der Waals surface area contributed by atoms with Gasteiger partial charge in [0.1, 0.15) is 5.54 Å². The second kappa shape index (κ2) is 8.15. The highest BCUT2D eigenvalue weighted by molar-refractivity contribution is 6.11. The summed E-state index contributed by atoms with van der Waals surface area (Å²) in [6, 6.07) is 15.6.